The fraction of sp³-hybridized carbons (Fsp3) is 0.417. The number of hydrogen-bond donors (Lipinski definition) is 1. The first-order valence-electron chi connectivity index (χ1n) is 6.32. The van der Waals surface area contributed by atoms with E-state index in [1.54, 1.807) is 26.0 Å². The molecule has 0 aliphatic heterocycles. The normalized spacial score (nSPS) is 13.7. The van der Waals surface area contributed by atoms with Gasteiger partial charge in [-0.15, -0.1) is 0 Å². The molecule has 7 nitrogen and oxygen atoms in total. The highest BCUT2D eigenvalue weighted by atomic mass is 32.2. The molecule has 0 amide bonds. The van der Waals surface area contributed by atoms with E-state index < -0.39 is 28.6 Å². The summed E-state index contributed by atoms with van der Waals surface area (Å²) in [5, 5.41) is 8.98. The topological polar surface area (TPSA) is 100 Å². The van der Waals surface area contributed by atoms with E-state index in [-0.39, 0.29) is 10.4 Å². The van der Waals surface area contributed by atoms with E-state index in [0.717, 1.165) is 16.0 Å². The highest BCUT2D eigenvalue weighted by Crippen LogP contribution is 2.26. The fourth-order valence-corrected chi connectivity index (χ4v) is 4.34. The van der Waals surface area contributed by atoms with Gasteiger partial charge in [0.05, 0.1) is 11.7 Å². The Labute approximate surface area is 126 Å². The number of aromatic nitrogens is 2. The molecule has 1 atom stereocenters. The molecule has 1 heterocycles. The molecule has 2 aromatic rings. The van der Waals surface area contributed by atoms with Crippen molar-refractivity contribution in [3.63, 3.8) is 0 Å². The maximum Gasteiger partial charge on any atom is 0.318 e. The van der Waals surface area contributed by atoms with Gasteiger partial charge in [-0.05, 0) is 25.5 Å². The van der Waals surface area contributed by atoms with Gasteiger partial charge in [-0.3, -0.25) is 4.79 Å². The zero-order valence-corrected chi connectivity index (χ0v) is 13.2. The molecular formula is C12H15N3O4S2. The molecule has 0 aliphatic carbocycles. The Balaban J connectivity index is 2.57. The number of carboxylic acids is 1. The number of hydrogen-bond acceptors (Lipinski definition) is 6. The van der Waals surface area contributed by atoms with Gasteiger partial charge in [0.15, 0.2) is 0 Å². The average Bonchev–Trinajstić information content (AvgIpc) is 2.91. The lowest BCUT2D eigenvalue weighted by Crippen LogP contribution is -2.41. The van der Waals surface area contributed by atoms with Crippen molar-refractivity contribution in [2.45, 2.75) is 31.2 Å². The zero-order chi connectivity index (χ0) is 15.6. The van der Waals surface area contributed by atoms with Crippen LogP contribution >= 0.6 is 11.7 Å². The molecule has 1 aromatic carbocycles. The molecule has 1 unspecified atom stereocenters. The highest BCUT2D eigenvalue weighted by molar-refractivity contribution is 7.89. The van der Waals surface area contributed by atoms with Crippen LogP contribution in [0.2, 0.25) is 0 Å². The van der Waals surface area contributed by atoms with Gasteiger partial charge in [-0.25, -0.2) is 8.42 Å². The van der Waals surface area contributed by atoms with Crippen molar-refractivity contribution >= 4 is 38.8 Å². The molecule has 1 aromatic heterocycles. The molecular weight excluding hydrogens is 314 g/mol. The molecule has 0 fully saturated rings. The van der Waals surface area contributed by atoms with Crippen molar-refractivity contribution in [3.8, 4) is 0 Å². The summed E-state index contributed by atoms with van der Waals surface area (Å²) in [5.74, 6) is -1.19. The summed E-state index contributed by atoms with van der Waals surface area (Å²) >= 11 is 0.924. The van der Waals surface area contributed by atoms with Crippen molar-refractivity contribution in [1.82, 2.24) is 13.1 Å². The van der Waals surface area contributed by atoms with Crippen molar-refractivity contribution in [2.75, 3.05) is 6.54 Å². The Hall–Kier alpha value is -1.58. The van der Waals surface area contributed by atoms with Crippen LogP contribution < -0.4 is 0 Å². The molecule has 9 heteroatoms. The minimum absolute atomic E-state index is 0.00435. The number of carboxylic acid groups (broad SMARTS) is 1. The monoisotopic (exact) mass is 329 g/mol. The minimum Gasteiger partial charge on any atom is -0.480 e. The summed E-state index contributed by atoms with van der Waals surface area (Å²) in [4.78, 5) is 11.0. The molecule has 0 saturated heterocycles. The van der Waals surface area contributed by atoms with Gasteiger partial charge in [-0.1, -0.05) is 13.0 Å². The smallest absolute Gasteiger partial charge is 0.318 e. The number of aliphatic carboxylic acids is 1. The predicted octanol–water partition coefficient (Wildman–Crippen LogP) is 1.57. The van der Waals surface area contributed by atoms with Crippen LogP contribution in [-0.4, -0.2) is 45.1 Å². The number of benzene rings is 1. The Morgan fingerprint density at radius 3 is 2.76 bits per heavy atom. The third-order valence-electron chi connectivity index (χ3n) is 3.21. The lowest BCUT2D eigenvalue weighted by Gasteiger charge is -2.26. The highest BCUT2D eigenvalue weighted by Gasteiger charge is 2.32. The summed E-state index contributed by atoms with van der Waals surface area (Å²) in [6, 6.07) is 4.25. The summed E-state index contributed by atoms with van der Waals surface area (Å²) in [5.41, 5.74) is 0.765. The molecule has 0 spiro atoms. The van der Waals surface area contributed by atoms with Crippen LogP contribution in [-0.2, 0) is 14.8 Å². The number of fused-ring (bicyclic) bond motifs is 1. The van der Waals surface area contributed by atoms with Gasteiger partial charge in [0, 0.05) is 6.04 Å². The van der Waals surface area contributed by atoms with Crippen molar-refractivity contribution in [2.24, 2.45) is 0 Å². The maximum absolute atomic E-state index is 12.8. The number of carbonyl (C=O) groups is 1. The predicted molar refractivity (Wildman–Crippen MR) is 78.7 cm³/mol. The van der Waals surface area contributed by atoms with Gasteiger partial charge >= 0.3 is 5.97 Å². The van der Waals surface area contributed by atoms with E-state index in [2.05, 4.69) is 8.75 Å². The molecule has 21 heavy (non-hydrogen) atoms. The van der Waals surface area contributed by atoms with Gasteiger partial charge in [0.2, 0.25) is 10.0 Å². The Kier molecular flexibility index (Phi) is 4.55. The summed E-state index contributed by atoms with van der Waals surface area (Å²) < 4.78 is 34.6. The van der Waals surface area contributed by atoms with Crippen molar-refractivity contribution in [3.05, 3.63) is 18.2 Å². The first-order chi connectivity index (χ1) is 9.87. The first kappa shape index (κ1) is 15.8. The van der Waals surface area contributed by atoms with Gasteiger partial charge in [0.25, 0.3) is 0 Å². The van der Waals surface area contributed by atoms with Crippen LogP contribution in [0.25, 0.3) is 11.0 Å². The minimum atomic E-state index is -3.95. The van der Waals surface area contributed by atoms with Gasteiger partial charge in [-0.2, -0.15) is 13.1 Å². The van der Waals surface area contributed by atoms with Crippen LogP contribution in [0.3, 0.4) is 0 Å². The van der Waals surface area contributed by atoms with Crippen LogP contribution in [0.15, 0.2) is 23.1 Å². The van der Waals surface area contributed by atoms with Gasteiger partial charge in [0.1, 0.15) is 22.5 Å². The molecule has 0 bridgehead atoms. The maximum atomic E-state index is 12.8. The lowest BCUT2D eigenvalue weighted by molar-refractivity contribution is -0.137. The van der Waals surface area contributed by atoms with Crippen LogP contribution in [0.4, 0.5) is 0 Å². The molecule has 0 saturated carbocycles. The largest absolute Gasteiger partial charge is 0.480 e. The van der Waals surface area contributed by atoms with Crippen LogP contribution in [0.5, 0.6) is 0 Å². The Morgan fingerprint density at radius 2 is 2.14 bits per heavy atom. The van der Waals surface area contributed by atoms with E-state index in [1.807, 2.05) is 0 Å². The second-order valence-electron chi connectivity index (χ2n) is 4.59. The molecule has 2 rings (SSSR count). The quantitative estimate of drug-likeness (QED) is 0.863. The molecule has 0 radical (unpaired) electrons. The second kappa shape index (κ2) is 6.04. The Morgan fingerprint density at radius 1 is 1.43 bits per heavy atom. The molecule has 114 valence electrons. The zero-order valence-electron chi connectivity index (χ0n) is 11.6. The fourth-order valence-electron chi connectivity index (χ4n) is 1.93. The number of sulfonamides is 1. The van der Waals surface area contributed by atoms with Gasteiger partial charge < -0.3 is 5.11 Å². The SMILES string of the molecule is CCC(C)N(CC(=O)O)S(=O)(=O)c1cccc2nsnc12. The lowest BCUT2D eigenvalue weighted by atomic mass is 10.2. The third kappa shape index (κ3) is 3.04. The van der Waals surface area contributed by atoms with Crippen molar-refractivity contribution in [1.29, 1.82) is 0 Å². The standard InChI is InChI=1S/C12H15N3O4S2/c1-3-8(2)15(7-11(16)17)21(18,19)10-6-4-5-9-12(10)14-20-13-9/h4-6,8H,3,7H2,1-2H3,(H,16,17). The van der Waals surface area contributed by atoms with E-state index in [1.165, 1.54) is 6.07 Å². The average molecular weight is 329 g/mol. The van der Waals surface area contributed by atoms with E-state index in [0.29, 0.717) is 11.9 Å². The van der Waals surface area contributed by atoms with E-state index in [4.69, 9.17) is 5.11 Å². The first-order valence-corrected chi connectivity index (χ1v) is 8.50. The van der Waals surface area contributed by atoms with Crippen molar-refractivity contribution < 1.29 is 18.3 Å². The van der Waals surface area contributed by atoms with Crippen LogP contribution in [0, 0.1) is 0 Å². The number of nitrogens with zero attached hydrogens (tertiary/aromatic N) is 3. The van der Waals surface area contributed by atoms with E-state index >= 15 is 0 Å². The summed E-state index contributed by atoms with van der Waals surface area (Å²) in [6.45, 7) is 2.91. The molecule has 1 N–H and O–H groups in total. The number of rotatable bonds is 6. The third-order valence-corrected chi connectivity index (χ3v) is 5.74. The summed E-state index contributed by atoms with van der Waals surface area (Å²) in [6.07, 6.45) is 0.512. The van der Waals surface area contributed by atoms with E-state index in [9.17, 15) is 13.2 Å². The Bertz CT molecular complexity index is 757. The molecule has 0 aliphatic rings. The second-order valence-corrected chi connectivity index (χ2v) is 6.98. The van der Waals surface area contributed by atoms with Crippen LogP contribution in [0.1, 0.15) is 20.3 Å². The summed E-state index contributed by atoms with van der Waals surface area (Å²) in [7, 11) is -3.95.